The van der Waals surface area contributed by atoms with Gasteiger partial charge in [-0.2, -0.15) is 0 Å². The smallest absolute Gasteiger partial charge is 0.308 e. The summed E-state index contributed by atoms with van der Waals surface area (Å²) in [5.74, 6) is -1.12. The molecule has 0 saturated heterocycles. The van der Waals surface area contributed by atoms with Gasteiger partial charge in [-0.1, -0.05) is 18.4 Å². The summed E-state index contributed by atoms with van der Waals surface area (Å²) >= 11 is 4.11. The van der Waals surface area contributed by atoms with Crippen molar-refractivity contribution >= 4 is 32.1 Å². The minimum Gasteiger partial charge on any atom is -0.773 e. The van der Waals surface area contributed by atoms with Gasteiger partial charge in [0.25, 0.3) is 0 Å². The third-order valence-corrected chi connectivity index (χ3v) is 0.413. The average Bonchev–Trinajstić information content (AvgIpc) is 1.36. The van der Waals surface area contributed by atoms with E-state index in [-0.39, 0.29) is 18.4 Å². The predicted molar refractivity (Wildman–Crippen MR) is 35.7 cm³/mol. The van der Waals surface area contributed by atoms with Crippen LogP contribution in [-0.2, 0) is 30.9 Å². The lowest BCUT2D eigenvalue weighted by atomic mass is 10.7. The first-order valence-electron chi connectivity index (χ1n) is 1.24. The summed E-state index contributed by atoms with van der Waals surface area (Å²) in [6.07, 6.45) is 0. The Morgan fingerprint density at radius 2 is 1.86 bits per heavy atom. The Labute approximate surface area is 54.1 Å². The van der Waals surface area contributed by atoms with E-state index in [9.17, 15) is 4.79 Å². The fraction of sp³-hybridized carbons (Fsp3) is 0. The fourth-order valence-corrected chi connectivity index (χ4v) is 0. The lowest BCUT2D eigenvalue weighted by Crippen LogP contribution is -1.93. The van der Waals surface area contributed by atoms with Gasteiger partial charge in [0.1, 0.15) is 0 Å². The number of carboxylic acid groups (broad SMARTS) is 1. The van der Waals surface area contributed by atoms with Crippen molar-refractivity contribution in [2.75, 3.05) is 0 Å². The summed E-state index contributed by atoms with van der Waals surface area (Å²) in [6, 6.07) is 0. The highest BCUT2D eigenvalue weighted by atomic mass is 32.1. The van der Waals surface area contributed by atoms with Crippen molar-refractivity contribution in [3.8, 4) is 0 Å². The molecule has 0 spiro atoms. The molecule has 2 nitrogen and oxygen atoms in total. The van der Waals surface area contributed by atoms with Gasteiger partial charge in [0.2, 0.25) is 0 Å². The molecule has 1 N–H and O–H groups in total. The number of hydrogen-bond donors (Lipinski definition) is 1. The van der Waals surface area contributed by atoms with Gasteiger partial charge in [-0.15, -0.1) is 6.58 Å². The van der Waals surface area contributed by atoms with E-state index in [4.69, 9.17) is 5.11 Å². The number of carboxylic acids is 1. The van der Waals surface area contributed by atoms with Gasteiger partial charge in [0, 0.05) is 0 Å². The highest BCUT2D eigenvalue weighted by molar-refractivity contribution is 7.64. The molecule has 0 aromatic carbocycles. The lowest BCUT2D eigenvalue weighted by molar-refractivity contribution is -0.131. The van der Waals surface area contributed by atoms with Crippen LogP contribution in [0.2, 0.25) is 0 Å². The van der Waals surface area contributed by atoms with Crippen LogP contribution in [0.25, 0.3) is 0 Å². The second-order valence-corrected chi connectivity index (χ2v) is 1.22. The zero-order valence-electron chi connectivity index (χ0n) is 3.55. The Morgan fingerprint density at radius 3 is 1.86 bits per heavy atom. The molecule has 0 rings (SSSR count). The first-order valence-corrected chi connectivity index (χ1v) is 1.64. The number of aliphatic carboxylic acids is 1. The van der Waals surface area contributed by atoms with Crippen LogP contribution in [0.5, 0.6) is 0 Å². The van der Waals surface area contributed by atoms with E-state index >= 15 is 0 Å². The minimum absolute atomic E-state index is 0. The minimum atomic E-state index is -1.12. The van der Waals surface area contributed by atoms with E-state index in [2.05, 4.69) is 19.2 Å². The Hall–Kier alpha value is -0.220. The normalized spacial score (nSPS) is 6.29. The summed E-state index contributed by atoms with van der Waals surface area (Å²) in [7, 11) is 0. The second-order valence-electron chi connectivity index (χ2n) is 0.728. The molecule has 4 heteroatoms. The van der Waals surface area contributed by atoms with Gasteiger partial charge in [-0.05, 0) is 0 Å². The van der Waals surface area contributed by atoms with Gasteiger partial charge in [-0.25, -0.2) is 4.79 Å². The Kier molecular flexibility index (Phi) is 5.60. The molecule has 0 bridgehead atoms. The molecule has 0 unspecified atom stereocenters. The van der Waals surface area contributed by atoms with Crippen LogP contribution >= 0.6 is 0 Å². The first-order chi connectivity index (χ1) is 2.64. The van der Waals surface area contributed by atoms with Crippen LogP contribution in [0.1, 0.15) is 0 Å². The second kappa shape index (κ2) is 3.95. The van der Waals surface area contributed by atoms with Crippen LogP contribution in [0, 0.1) is 0 Å². The van der Waals surface area contributed by atoms with E-state index in [1.54, 1.807) is 0 Å². The number of hydrogen-bond acceptors (Lipinski definition) is 2. The van der Waals surface area contributed by atoms with Crippen molar-refractivity contribution in [2.45, 2.75) is 0 Å². The van der Waals surface area contributed by atoms with Crippen molar-refractivity contribution in [3.05, 3.63) is 11.5 Å². The maximum absolute atomic E-state index is 9.50. The predicted octanol–water partition coefficient (Wildman–Crippen LogP) is -0.674. The molecule has 0 atom stereocenters. The molecule has 0 aliphatic carbocycles. The van der Waals surface area contributed by atoms with Crippen LogP contribution in [0.15, 0.2) is 11.5 Å². The van der Waals surface area contributed by atoms with Gasteiger partial charge >= 0.3 is 5.97 Å². The molecular formula is C3H6O2S2. The highest BCUT2D eigenvalue weighted by Crippen LogP contribution is 1.78. The summed E-state index contributed by atoms with van der Waals surface area (Å²) < 4.78 is 0. The average molecular weight is 138 g/mol. The standard InChI is InChI=1S/C3H4O2S.H2S/c1-2(6)3(4)5;/h6H,1H2,(H,4,5);1H2. The topological polar surface area (TPSA) is 37.3 Å². The molecule has 0 amide bonds. The lowest BCUT2D eigenvalue weighted by Gasteiger charge is -1.97. The van der Waals surface area contributed by atoms with Gasteiger partial charge in [-0.3, -0.25) is 0 Å². The van der Waals surface area contributed by atoms with Crippen molar-refractivity contribution in [2.24, 2.45) is 0 Å². The quantitative estimate of drug-likeness (QED) is 0.296. The van der Waals surface area contributed by atoms with E-state index < -0.39 is 5.97 Å². The summed E-state index contributed by atoms with van der Waals surface area (Å²) in [4.78, 5) is 9.25. The third kappa shape index (κ3) is 5.78. The third-order valence-electron chi connectivity index (χ3n) is 0.239. The Balaban J connectivity index is 0. The largest absolute Gasteiger partial charge is 0.773 e. The molecule has 0 aromatic heterocycles. The molecule has 0 saturated carbocycles. The molecule has 0 aliphatic heterocycles. The molecule has 7 heavy (non-hydrogen) atoms. The molecule has 0 fully saturated rings. The SMILES string of the molecule is C=C([S-])C(=O)O.[SH3+]. The van der Waals surface area contributed by atoms with Gasteiger partial charge in [0.15, 0.2) is 0 Å². The van der Waals surface area contributed by atoms with Crippen molar-refractivity contribution in [1.82, 2.24) is 0 Å². The zero-order chi connectivity index (χ0) is 5.15. The maximum atomic E-state index is 9.50. The van der Waals surface area contributed by atoms with E-state index in [1.165, 1.54) is 0 Å². The highest BCUT2D eigenvalue weighted by Gasteiger charge is 1.80. The fourth-order valence-electron chi connectivity index (χ4n) is 0. The monoisotopic (exact) mass is 138 g/mol. The summed E-state index contributed by atoms with van der Waals surface area (Å²) in [6.45, 7) is 2.97. The molecule has 0 aromatic rings. The van der Waals surface area contributed by atoms with Crippen LogP contribution in [-0.4, -0.2) is 11.1 Å². The summed E-state index contributed by atoms with van der Waals surface area (Å²) in [5.41, 5.74) is 0. The maximum Gasteiger partial charge on any atom is 0.308 e. The summed E-state index contributed by atoms with van der Waals surface area (Å²) in [5, 5.41) is 7.79. The first kappa shape index (κ1) is 9.91. The van der Waals surface area contributed by atoms with Gasteiger partial charge in [0.05, 0.1) is 0 Å². The molecule has 0 aliphatic rings. The van der Waals surface area contributed by atoms with Crippen molar-refractivity contribution < 1.29 is 9.90 Å². The van der Waals surface area contributed by atoms with Crippen LogP contribution < -0.4 is 0 Å². The molecule has 0 radical (unpaired) electrons. The van der Waals surface area contributed by atoms with Gasteiger partial charge < -0.3 is 17.7 Å². The molecule has 42 valence electrons. The van der Waals surface area contributed by atoms with E-state index in [1.807, 2.05) is 0 Å². The number of carbonyl (C=O) groups is 1. The number of rotatable bonds is 1. The van der Waals surface area contributed by atoms with E-state index in [0.717, 1.165) is 0 Å². The van der Waals surface area contributed by atoms with Crippen LogP contribution in [0.3, 0.4) is 0 Å². The van der Waals surface area contributed by atoms with Crippen molar-refractivity contribution in [1.29, 1.82) is 0 Å². The Bertz CT molecular complexity index is 76.9. The zero-order valence-corrected chi connectivity index (χ0v) is 5.52. The molecule has 0 heterocycles. The Morgan fingerprint density at radius 1 is 1.71 bits per heavy atom. The van der Waals surface area contributed by atoms with Crippen molar-refractivity contribution in [3.63, 3.8) is 0 Å². The van der Waals surface area contributed by atoms with E-state index in [0.29, 0.717) is 0 Å². The van der Waals surface area contributed by atoms with Crippen LogP contribution in [0.4, 0.5) is 0 Å². The molecular weight excluding hydrogens is 132 g/mol.